The van der Waals surface area contributed by atoms with Crippen molar-refractivity contribution < 1.29 is 28.8 Å². The highest BCUT2D eigenvalue weighted by Gasteiger charge is 2.13. The third kappa shape index (κ3) is 10.2. The Bertz CT molecular complexity index is 1370. The van der Waals surface area contributed by atoms with E-state index in [0.29, 0.717) is 21.4 Å². The predicted octanol–water partition coefficient (Wildman–Crippen LogP) is 3.35. The van der Waals surface area contributed by atoms with Crippen LogP contribution in [0.5, 0.6) is 0 Å². The second-order valence-electron chi connectivity index (χ2n) is 8.64. The monoisotopic (exact) mass is 612 g/mol. The third-order valence-electron chi connectivity index (χ3n) is 5.49. The number of carbonyl (C=O) groups is 6. The molecular formula is C28H26Cl2N6O6. The summed E-state index contributed by atoms with van der Waals surface area (Å²) in [5, 5.41) is 5.91. The smallest absolute Gasteiger partial charge is 0.269 e. The Morgan fingerprint density at radius 1 is 0.452 bits per heavy atom. The van der Waals surface area contributed by atoms with E-state index in [1.54, 1.807) is 48.5 Å². The molecule has 6 amide bonds. The first-order chi connectivity index (χ1) is 20.1. The molecule has 0 aromatic heterocycles. The lowest BCUT2D eigenvalue weighted by atomic mass is 10.1. The number of carbonyl (C=O) groups excluding carboxylic acids is 6. The summed E-state index contributed by atoms with van der Waals surface area (Å²) in [7, 11) is 0. The summed E-state index contributed by atoms with van der Waals surface area (Å²) >= 11 is 12.0. The molecule has 0 heterocycles. The van der Waals surface area contributed by atoms with Gasteiger partial charge in [-0.15, -0.1) is 0 Å². The van der Waals surface area contributed by atoms with Crippen LogP contribution < -0.4 is 32.3 Å². The molecule has 0 unspecified atom stereocenters. The number of amides is 6. The molecule has 0 aliphatic heterocycles. The largest absolute Gasteiger partial charge is 0.325 e. The summed E-state index contributed by atoms with van der Waals surface area (Å²) in [5.41, 5.74) is 9.99. The quantitative estimate of drug-likeness (QED) is 0.191. The van der Waals surface area contributed by atoms with Crippen LogP contribution in [-0.2, 0) is 19.2 Å². The van der Waals surface area contributed by atoms with Crippen molar-refractivity contribution in [2.45, 2.75) is 25.7 Å². The topological polar surface area (TPSA) is 175 Å². The molecule has 3 aromatic carbocycles. The number of anilines is 2. The Morgan fingerprint density at radius 3 is 1.14 bits per heavy atom. The van der Waals surface area contributed by atoms with Gasteiger partial charge >= 0.3 is 0 Å². The zero-order valence-electron chi connectivity index (χ0n) is 22.0. The Hall–Kier alpha value is -4.94. The van der Waals surface area contributed by atoms with Gasteiger partial charge in [0.25, 0.3) is 11.8 Å². The van der Waals surface area contributed by atoms with Crippen molar-refractivity contribution in [1.29, 1.82) is 0 Å². The second-order valence-corrected chi connectivity index (χ2v) is 9.45. The molecule has 14 heteroatoms. The van der Waals surface area contributed by atoms with Crippen LogP contribution in [0.2, 0.25) is 10.0 Å². The Labute approximate surface area is 250 Å². The van der Waals surface area contributed by atoms with Crippen molar-refractivity contribution in [3.8, 4) is 0 Å². The van der Waals surface area contributed by atoms with Crippen LogP contribution in [0.1, 0.15) is 46.4 Å². The van der Waals surface area contributed by atoms with E-state index < -0.39 is 35.4 Å². The molecule has 0 spiro atoms. The van der Waals surface area contributed by atoms with E-state index in [1.165, 1.54) is 24.3 Å². The summed E-state index contributed by atoms with van der Waals surface area (Å²) < 4.78 is 0. The van der Waals surface area contributed by atoms with E-state index in [1.807, 2.05) is 0 Å². The molecule has 6 N–H and O–H groups in total. The highest BCUT2D eigenvalue weighted by atomic mass is 35.5. The van der Waals surface area contributed by atoms with Gasteiger partial charge in [0.15, 0.2) is 0 Å². The fourth-order valence-corrected chi connectivity index (χ4v) is 3.67. The van der Waals surface area contributed by atoms with Gasteiger partial charge in [-0.05, 0) is 48.5 Å². The molecule has 12 nitrogen and oxygen atoms in total. The minimum atomic E-state index is -0.654. The van der Waals surface area contributed by atoms with Gasteiger partial charge in [0.2, 0.25) is 23.6 Å². The molecule has 0 fully saturated rings. The van der Waals surface area contributed by atoms with Crippen molar-refractivity contribution in [3.05, 3.63) is 94.0 Å². The molecule has 0 radical (unpaired) electrons. The van der Waals surface area contributed by atoms with E-state index in [2.05, 4.69) is 32.3 Å². The fraction of sp³-hybridized carbons (Fsp3) is 0.143. The molecule has 0 saturated carbocycles. The molecule has 0 atom stereocenters. The third-order valence-corrected chi connectivity index (χ3v) is 6.15. The molecule has 0 aliphatic rings. The molecule has 0 aliphatic carbocycles. The first-order valence-corrected chi connectivity index (χ1v) is 13.2. The zero-order valence-corrected chi connectivity index (χ0v) is 23.5. The zero-order chi connectivity index (χ0) is 30.5. The average Bonchev–Trinajstić information content (AvgIpc) is 2.99. The maximum absolute atomic E-state index is 12.3. The van der Waals surface area contributed by atoms with Crippen LogP contribution in [0.3, 0.4) is 0 Å². The number of halogens is 2. The van der Waals surface area contributed by atoms with Crippen molar-refractivity contribution in [2.24, 2.45) is 0 Å². The summed E-state index contributed by atoms with van der Waals surface area (Å²) in [4.78, 5) is 72.7. The molecule has 218 valence electrons. The first kappa shape index (κ1) is 31.6. The van der Waals surface area contributed by atoms with Gasteiger partial charge in [-0.1, -0.05) is 47.5 Å². The Morgan fingerprint density at radius 2 is 0.786 bits per heavy atom. The number of nitrogens with one attached hydrogen (secondary N) is 6. The van der Waals surface area contributed by atoms with Crippen LogP contribution in [-0.4, -0.2) is 35.4 Å². The van der Waals surface area contributed by atoms with Gasteiger partial charge in [-0.3, -0.25) is 50.5 Å². The van der Waals surface area contributed by atoms with Crippen LogP contribution in [0, 0.1) is 0 Å². The molecular weight excluding hydrogens is 587 g/mol. The van der Waals surface area contributed by atoms with Gasteiger partial charge in [0, 0.05) is 36.8 Å². The lowest BCUT2D eigenvalue weighted by molar-refractivity contribution is -0.125. The molecule has 3 aromatic rings. The summed E-state index contributed by atoms with van der Waals surface area (Å²) in [6.45, 7) is 0. The van der Waals surface area contributed by atoms with Gasteiger partial charge in [0.1, 0.15) is 0 Å². The van der Waals surface area contributed by atoms with Gasteiger partial charge in [0.05, 0.1) is 21.4 Å². The van der Waals surface area contributed by atoms with Crippen LogP contribution >= 0.6 is 23.2 Å². The van der Waals surface area contributed by atoms with E-state index in [-0.39, 0.29) is 36.8 Å². The predicted molar refractivity (Wildman–Crippen MR) is 156 cm³/mol. The number of hydrogen-bond acceptors (Lipinski definition) is 6. The normalized spacial score (nSPS) is 10.1. The molecule has 3 rings (SSSR count). The first-order valence-electron chi connectivity index (χ1n) is 12.5. The second kappa shape index (κ2) is 15.7. The molecule has 0 bridgehead atoms. The minimum Gasteiger partial charge on any atom is -0.325 e. The van der Waals surface area contributed by atoms with E-state index in [4.69, 9.17) is 23.2 Å². The van der Waals surface area contributed by atoms with Crippen LogP contribution in [0.4, 0.5) is 11.4 Å². The highest BCUT2D eigenvalue weighted by Crippen LogP contribution is 2.21. The van der Waals surface area contributed by atoms with Crippen molar-refractivity contribution >= 4 is 70.0 Å². The Kier molecular flexibility index (Phi) is 11.8. The fourth-order valence-electron chi connectivity index (χ4n) is 3.30. The summed E-state index contributed by atoms with van der Waals surface area (Å²) in [6.07, 6.45) is -0.646. The maximum Gasteiger partial charge on any atom is 0.269 e. The van der Waals surface area contributed by atoms with Crippen molar-refractivity contribution in [1.82, 2.24) is 21.7 Å². The maximum atomic E-state index is 12.3. The molecule has 0 saturated heterocycles. The van der Waals surface area contributed by atoms with Crippen LogP contribution in [0.25, 0.3) is 0 Å². The SMILES string of the molecule is O=C(CCC(=O)Nc1ccccc1Cl)NNC(=O)c1ccc(C(=O)NNC(=O)CCC(=O)Nc2ccccc2Cl)cc1. The lowest BCUT2D eigenvalue weighted by Crippen LogP contribution is -2.42. The number of rotatable bonds is 10. The number of hydrazine groups is 2. The number of para-hydroxylation sites is 2. The minimum absolute atomic E-state index is 0.136. The summed E-state index contributed by atoms with van der Waals surface area (Å²) in [5.74, 6) is -3.34. The highest BCUT2D eigenvalue weighted by molar-refractivity contribution is 6.34. The van der Waals surface area contributed by atoms with Crippen molar-refractivity contribution in [2.75, 3.05) is 10.6 Å². The number of hydrogen-bond donors (Lipinski definition) is 6. The standard InChI is InChI=1S/C28H26Cl2N6O6/c29-19-5-1-3-7-21(19)31-23(37)13-15-25(39)33-35-27(41)17-9-11-18(12-10-17)28(42)36-34-26(40)16-14-24(38)32-22-8-4-2-6-20(22)30/h1-12H,13-16H2,(H,31,37)(H,32,38)(H,33,39)(H,34,40)(H,35,41)(H,36,42). The summed E-state index contributed by atoms with van der Waals surface area (Å²) in [6, 6.07) is 18.7. The average molecular weight is 613 g/mol. The van der Waals surface area contributed by atoms with Crippen LogP contribution in [0.15, 0.2) is 72.8 Å². The van der Waals surface area contributed by atoms with Gasteiger partial charge in [-0.2, -0.15) is 0 Å². The van der Waals surface area contributed by atoms with Gasteiger partial charge in [-0.25, -0.2) is 0 Å². The lowest BCUT2D eigenvalue weighted by Gasteiger charge is -2.10. The molecule has 42 heavy (non-hydrogen) atoms. The van der Waals surface area contributed by atoms with E-state index >= 15 is 0 Å². The number of benzene rings is 3. The van der Waals surface area contributed by atoms with Crippen molar-refractivity contribution in [3.63, 3.8) is 0 Å². The Balaban J connectivity index is 1.34. The van der Waals surface area contributed by atoms with E-state index in [9.17, 15) is 28.8 Å². The van der Waals surface area contributed by atoms with E-state index in [0.717, 1.165) is 0 Å². The van der Waals surface area contributed by atoms with Gasteiger partial charge < -0.3 is 10.6 Å².